The third-order valence-electron chi connectivity index (χ3n) is 2.77. The number of rotatable bonds is 3. The number of nitrogens with two attached hydrogens (primary N) is 1. The molecule has 0 saturated carbocycles. The zero-order chi connectivity index (χ0) is 13.0. The van der Waals surface area contributed by atoms with Gasteiger partial charge >= 0.3 is 0 Å². The lowest BCUT2D eigenvalue weighted by molar-refractivity contribution is 0.0934. The first-order valence-electron chi connectivity index (χ1n) is 5.72. The summed E-state index contributed by atoms with van der Waals surface area (Å²) < 4.78 is 13.8. The van der Waals surface area contributed by atoms with Crippen LogP contribution < -0.4 is 16.6 Å². The number of pyridine rings is 1. The lowest BCUT2D eigenvalue weighted by Gasteiger charge is -2.22. The van der Waals surface area contributed by atoms with Gasteiger partial charge in [0.25, 0.3) is 5.91 Å². The van der Waals surface area contributed by atoms with E-state index in [4.69, 9.17) is 5.84 Å². The molecule has 0 aromatic carbocycles. The van der Waals surface area contributed by atoms with Crippen molar-refractivity contribution in [3.63, 3.8) is 0 Å². The van der Waals surface area contributed by atoms with Crippen molar-refractivity contribution in [2.75, 3.05) is 16.9 Å². The van der Waals surface area contributed by atoms with Crippen molar-refractivity contribution in [2.24, 2.45) is 5.84 Å². The van der Waals surface area contributed by atoms with Crippen LogP contribution in [0, 0.1) is 5.82 Å². The normalized spacial score (nSPS) is 19.3. The molecule has 1 amide bonds. The van der Waals surface area contributed by atoms with Gasteiger partial charge in [0, 0.05) is 18.0 Å². The van der Waals surface area contributed by atoms with E-state index in [1.807, 2.05) is 0 Å². The van der Waals surface area contributed by atoms with Gasteiger partial charge in [-0.25, -0.2) is 15.2 Å². The molecule has 0 bridgehead atoms. The number of halogens is 1. The van der Waals surface area contributed by atoms with E-state index >= 15 is 0 Å². The van der Waals surface area contributed by atoms with E-state index in [-0.39, 0.29) is 17.4 Å². The van der Waals surface area contributed by atoms with Gasteiger partial charge in [-0.05, 0) is 24.7 Å². The molecule has 0 spiro atoms. The van der Waals surface area contributed by atoms with Gasteiger partial charge in [-0.3, -0.25) is 4.79 Å². The predicted molar refractivity (Wildman–Crippen MR) is 69.8 cm³/mol. The number of hydrazine groups is 1. The van der Waals surface area contributed by atoms with Crippen LogP contribution in [-0.4, -0.2) is 28.4 Å². The Morgan fingerprint density at radius 1 is 1.61 bits per heavy atom. The van der Waals surface area contributed by atoms with Crippen molar-refractivity contribution in [1.82, 2.24) is 10.3 Å². The summed E-state index contributed by atoms with van der Waals surface area (Å²) in [6.45, 7) is 0. The number of thioether (sulfide) groups is 1. The second-order valence-electron chi connectivity index (χ2n) is 4.05. The van der Waals surface area contributed by atoms with E-state index in [9.17, 15) is 9.18 Å². The molecule has 1 aliphatic rings. The van der Waals surface area contributed by atoms with Crippen molar-refractivity contribution in [1.29, 1.82) is 0 Å². The first kappa shape index (κ1) is 13.1. The maximum atomic E-state index is 13.8. The Labute approximate surface area is 109 Å². The quantitative estimate of drug-likeness (QED) is 0.567. The molecule has 1 aromatic rings. The SMILES string of the molecule is NNc1nccc(C(=O)NC2CCCSC2)c1F. The highest BCUT2D eigenvalue weighted by Gasteiger charge is 2.20. The van der Waals surface area contributed by atoms with Crippen molar-refractivity contribution in [3.8, 4) is 0 Å². The second kappa shape index (κ2) is 6.01. The zero-order valence-corrected chi connectivity index (χ0v) is 10.6. The number of hydrogen-bond donors (Lipinski definition) is 3. The summed E-state index contributed by atoms with van der Waals surface area (Å²) in [6.07, 6.45) is 3.36. The van der Waals surface area contributed by atoms with E-state index in [2.05, 4.69) is 15.7 Å². The van der Waals surface area contributed by atoms with Crippen molar-refractivity contribution in [3.05, 3.63) is 23.6 Å². The molecule has 1 aliphatic heterocycles. The summed E-state index contributed by atoms with van der Waals surface area (Å²) in [5, 5.41) is 2.83. The number of aromatic nitrogens is 1. The number of nitrogen functional groups attached to an aromatic ring is 1. The number of nitrogens with one attached hydrogen (secondary N) is 2. The molecule has 2 rings (SSSR count). The lowest BCUT2D eigenvalue weighted by Crippen LogP contribution is -2.38. The number of hydrogen-bond acceptors (Lipinski definition) is 5. The van der Waals surface area contributed by atoms with E-state index < -0.39 is 11.7 Å². The van der Waals surface area contributed by atoms with Crippen LogP contribution in [0.3, 0.4) is 0 Å². The minimum absolute atomic E-state index is 0.0338. The zero-order valence-electron chi connectivity index (χ0n) is 9.78. The van der Waals surface area contributed by atoms with Gasteiger partial charge in [0.15, 0.2) is 11.6 Å². The molecule has 18 heavy (non-hydrogen) atoms. The molecule has 7 heteroatoms. The Bertz CT molecular complexity index is 437. The Kier molecular flexibility index (Phi) is 4.38. The minimum atomic E-state index is -0.721. The highest BCUT2D eigenvalue weighted by atomic mass is 32.2. The van der Waals surface area contributed by atoms with Crippen LogP contribution in [0.1, 0.15) is 23.2 Å². The van der Waals surface area contributed by atoms with E-state index in [0.717, 1.165) is 24.3 Å². The summed E-state index contributed by atoms with van der Waals surface area (Å²) in [6, 6.07) is 1.46. The number of carbonyl (C=O) groups excluding carboxylic acids is 1. The molecule has 2 heterocycles. The molecular formula is C11H15FN4OS. The van der Waals surface area contributed by atoms with Gasteiger partial charge in [-0.2, -0.15) is 11.8 Å². The maximum absolute atomic E-state index is 13.8. The summed E-state index contributed by atoms with van der Waals surface area (Å²) in [5.41, 5.74) is 2.09. The number of carbonyl (C=O) groups is 1. The molecule has 1 unspecified atom stereocenters. The summed E-state index contributed by atoms with van der Waals surface area (Å²) in [7, 11) is 0. The number of amides is 1. The fraction of sp³-hybridized carbons (Fsp3) is 0.455. The van der Waals surface area contributed by atoms with Crippen LogP contribution in [0.5, 0.6) is 0 Å². The van der Waals surface area contributed by atoms with Gasteiger partial charge < -0.3 is 10.7 Å². The fourth-order valence-electron chi connectivity index (χ4n) is 1.84. The van der Waals surface area contributed by atoms with Gasteiger partial charge in [0.1, 0.15) is 0 Å². The largest absolute Gasteiger partial charge is 0.348 e. The van der Waals surface area contributed by atoms with Crippen LogP contribution in [0.15, 0.2) is 12.3 Å². The number of anilines is 1. The topological polar surface area (TPSA) is 80.0 Å². The predicted octanol–water partition coefficient (Wildman–Crippen LogP) is 1.13. The average molecular weight is 270 g/mol. The minimum Gasteiger partial charge on any atom is -0.348 e. The molecule has 5 nitrogen and oxygen atoms in total. The molecule has 98 valence electrons. The number of nitrogens with zero attached hydrogens (tertiary/aromatic N) is 1. The van der Waals surface area contributed by atoms with E-state index in [0.29, 0.717) is 0 Å². The highest BCUT2D eigenvalue weighted by molar-refractivity contribution is 7.99. The van der Waals surface area contributed by atoms with Crippen LogP contribution in [0.4, 0.5) is 10.2 Å². The van der Waals surface area contributed by atoms with Crippen molar-refractivity contribution in [2.45, 2.75) is 18.9 Å². The van der Waals surface area contributed by atoms with Crippen molar-refractivity contribution < 1.29 is 9.18 Å². The Hall–Kier alpha value is -1.34. The first-order chi connectivity index (χ1) is 8.72. The van der Waals surface area contributed by atoms with Gasteiger partial charge in [0.05, 0.1) is 5.56 Å². The molecule has 1 atom stereocenters. The lowest BCUT2D eigenvalue weighted by atomic mass is 10.1. The smallest absolute Gasteiger partial charge is 0.254 e. The van der Waals surface area contributed by atoms with Crippen molar-refractivity contribution >= 4 is 23.5 Å². The molecule has 4 N–H and O–H groups in total. The Balaban J connectivity index is 2.08. The van der Waals surface area contributed by atoms with E-state index in [1.54, 1.807) is 11.8 Å². The molecule has 0 radical (unpaired) electrons. The third-order valence-corrected chi connectivity index (χ3v) is 3.98. The average Bonchev–Trinajstić information content (AvgIpc) is 2.40. The summed E-state index contributed by atoms with van der Waals surface area (Å²) in [4.78, 5) is 15.6. The Morgan fingerprint density at radius 3 is 3.11 bits per heavy atom. The molecule has 1 aromatic heterocycles. The molecule has 1 fully saturated rings. The maximum Gasteiger partial charge on any atom is 0.254 e. The van der Waals surface area contributed by atoms with Gasteiger partial charge in [0.2, 0.25) is 0 Å². The fourth-order valence-corrected chi connectivity index (χ4v) is 2.91. The monoisotopic (exact) mass is 270 g/mol. The summed E-state index contributed by atoms with van der Waals surface area (Å²) >= 11 is 1.80. The second-order valence-corrected chi connectivity index (χ2v) is 5.20. The Morgan fingerprint density at radius 2 is 2.44 bits per heavy atom. The van der Waals surface area contributed by atoms with Crippen LogP contribution in [0.2, 0.25) is 0 Å². The van der Waals surface area contributed by atoms with Crippen LogP contribution >= 0.6 is 11.8 Å². The van der Waals surface area contributed by atoms with Crippen LogP contribution in [0.25, 0.3) is 0 Å². The molecule has 0 aliphatic carbocycles. The molecular weight excluding hydrogens is 255 g/mol. The van der Waals surface area contributed by atoms with E-state index in [1.165, 1.54) is 12.3 Å². The third kappa shape index (κ3) is 2.91. The standard InChI is InChI=1S/C11H15FN4OS/c12-9-8(3-4-14-10(9)16-13)11(17)15-7-2-1-5-18-6-7/h3-4,7H,1-2,5-6,13H2,(H,14,16)(H,15,17). The van der Waals surface area contributed by atoms with Crippen LogP contribution in [-0.2, 0) is 0 Å². The van der Waals surface area contributed by atoms with Gasteiger partial charge in [-0.15, -0.1) is 0 Å². The highest BCUT2D eigenvalue weighted by Crippen LogP contribution is 2.18. The summed E-state index contributed by atoms with van der Waals surface area (Å²) in [5.74, 6) is 5.85. The first-order valence-corrected chi connectivity index (χ1v) is 6.87. The van der Waals surface area contributed by atoms with Gasteiger partial charge in [-0.1, -0.05) is 0 Å². The molecule has 1 saturated heterocycles.